The van der Waals surface area contributed by atoms with Crippen LogP contribution in [0.25, 0.3) is 0 Å². The van der Waals surface area contributed by atoms with E-state index in [1.165, 1.54) is 7.11 Å². The molecule has 0 aromatic rings. The summed E-state index contributed by atoms with van der Waals surface area (Å²) in [7, 11) is 1.40. The summed E-state index contributed by atoms with van der Waals surface area (Å²) in [5.41, 5.74) is 0. The van der Waals surface area contributed by atoms with Gasteiger partial charge in [-0.25, -0.2) is 4.79 Å². The van der Waals surface area contributed by atoms with Crippen LogP contribution in [0.5, 0.6) is 0 Å². The van der Waals surface area contributed by atoms with Crippen molar-refractivity contribution >= 4 is 6.09 Å². The third-order valence-electron chi connectivity index (χ3n) is 2.96. The smallest absolute Gasteiger partial charge is 0.407 e. The van der Waals surface area contributed by atoms with Crippen LogP contribution in [0.4, 0.5) is 4.79 Å². The molecular formula is C11H21NO3. The molecule has 0 saturated carbocycles. The normalized spacial score (nSPS) is 20.0. The average molecular weight is 215 g/mol. The zero-order valence-electron chi connectivity index (χ0n) is 9.79. The Hall–Kier alpha value is -0.770. The molecule has 88 valence electrons. The third-order valence-corrected chi connectivity index (χ3v) is 2.96. The van der Waals surface area contributed by atoms with Gasteiger partial charge in [-0.15, -0.1) is 0 Å². The molecule has 1 saturated heterocycles. The number of carbonyl (C=O) groups is 1. The van der Waals surface area contributed by atoms with E-state index in [9.17, 15) is 4.79 Å². The summed E-state index contributed by atoms with van der Waals surface area (Å²) in [6.07, 6.45) is 1.71. The number of methoxy groups -OCH3 is 1. The standard InChI is InChI=1S/C11H21NO3/c1-8(2)10(12-11(13)14-3)9-4-6-15-7-5-9/h8-10H,4-7H2,1-3H3,(H,12,13). The van der Waals surface area contributed by atoms with Crippen molar-refractivity contribution in [2.24, 2.45) is 11.8 Å². The number of hydrogen-bond donors (Lipinski definition) is 1. The predicted molar refractivity (Wildman–Crippen MR) is 57.7 cm³/mol. The lowest BCUT2D eigenvalue weighted by molar-refractivity contribution is 0.0462. The molecule has 0 aliphatic carbocycles. The summed E-state index contributed by atoms with van der Waals surface area (Å²) in [5.74, 6) is 0.935. The van der Waals surface area contributed by atoms with Crippen molar-refractivity contribution in [1.29, 1.82) is 0 Å². The minimum absolute atomic E-state index is 0.196. The molecule has 1 heterocycles. The Morgan fingerprint density at radius 1 is 1.40 bits per heavy atom. The molecule has 4 heteroatoms. The van der Waals surface area contributed by atoms with Gasteiger partial charge in [-0.3, -0.25) is 0 Å². The van der Waals surface area contributed by atoms with Crippen molar-refractivity contribution in [2.75, 3.05) is 20.3 Å². The molecule has 1 amide bonds. The summed E-state index contributed by atoms with van der Waals surface area (Å²) in [6, 6.07) is 0.196. The third kappa shape index (κ3) is 3.70. The molecule has 0 aromatic carbocycles. The second-order valence-corrected chi connectivity index (χ2v) is 4.36. The maximum absolute atomic E-state index is 11.2. The fourth-order valence-electron chi connectivity index (χ4n) is 2.10. The summed E-state index contributed by atoms with van der Waals surface area (Å²) in [5, 5.41) is 2.92. The van der Waals surface area contributed by atoms with E-state index in [4.69, 9.17) is 4.74 Å². The Bertz CT molecular complexity index is 200. The molecule has 15 heavy (non-hydrogen) atoms. The number of rotatable bonds is 3. The molecule has 1 atom stereocenters. The summed E-state index contributed by atoms with van der Waals surface area (Å²) in [6.45, 7) is 5.85. The number of nitrogens with one attached hydrogen (secondary N) is 1. The SMILES string of the molecule is COC(=O)NC(C(C)C)C1CCOCC1. The van der Waals surface area contributed by atoms with E-state index in [-0.39, 0.29) is 12.1 Å². The monoisotopic (exact) mass is 215 g/mol. The first kappa shape index (κ1) is 12.3. The van der Waals surface area contributed by atoms with Crippen molar-refractivity contribution < 1.29 is 14.3 Å². The minimum Gasteiger partial charge on any atom is -0.453 e. The van der Waals surface area contributed by atoms with E-state index in [0.717, 1.165) is 26.1 Å². The molecule has 4 nitrogen and oxygen atoms in total. The van der Waals surface area contributed by atoms with E-state index in [1.807, 2.05) is 0 Å². The van der Waals surface area contributed by atoms with Gasteiger partial charge >= 0.3 is 6.09 Å². The molecule has 0 radical (unpaired) electrons. The van der Waals surface area contributed by atoms with Gasteiger partial charge in [-0.1, -0.05) is 13.8 Å². The van der Waals surface area contributed by atoms with E-state index in [2.05, 4.69) is 23.9 Å². The zero-order valence-corrected chi connectivity index (χ0v) is 9.79. The van der Waals surface area contributed by atoms with E-state index >= 15 is 0 Å². The molecule has 1 aliphatic heterocycles. The highest BCUT2D eigenvalue weighted by atomic mass is 16.5. The Balaban J connectivity index is 2.51. The van der Waals surface area contributed by atoms with Crippen LogP contribution >= 0.6 is 0 Å². The van der Waals surface area contributed by atoms with Gasteiger partial charge in [0.05, 0.1) is 7.11 Å². The van der Waals surface area contributed by atoms with Crippen LogP contribution in [0.3, 0.4) is 0 Å². The maximum atomic E-state index is 11.2. The first-order chi connectivity index (χ1) is 7.15. The topological polar surface area (TPSA) is 47.6 Å². The van der Waals surface area contributed by atoms with Crippen LogP contribution in [-0.4, -0.2) is 32.5 Å². The fraction of sp³-hybridized carbons (Fsp3) is 0.909. The van der Waals surface area contributed by atoms with Gasteiger partial charge in [0.25, 0.3) is 0 Å². The molecule has 1 unspecified atom stereocenters. The van der Waals surface area contributed by atoms with Gasteiger partial charge in [-0.2, -0.15) is 0 Å². The van der Waals surface area contributed by atoms with Crippen molar-refractivity contribution in [3.63, 3.8) is 0 Å². The van der Waals surface area contributed by atoms with Crippen molar-refractivity contribution in [1.82, 2.24) is 5.32 Å². The van der Waals surface area contributed by atoms with Crippen LogP contribution in [0, 0.1) is 11.8 Å². The number of amides is 1. The average Bonchev–Trinajstić information content (AvgIpc) is 2.26. The first-order valence-corrected chi connectivity index (χ1v) is 5.57. The molecule has 0 bridgehead atoms. The minimum atomic E-state index is -0.333. The van der Waals surface area contributed by atoms with Crippen LogP contribution in [0.1, 0.15) is 26.7 Å². The number of carbonyl (C=O) groups excluding carboxylic acids is 1. The van der Waals surface area contributed by atoms with Crippen LogP contribution in [0.15, 0.2) is 0 Å². The number of alkyl carbamates (subject to hydrolysis) is 1. The lowest BCUT2D eigenvalue weighted by Crippen LogP contribution is -2.45. The lowest BCUT2D eigenvalue weighted by Gasteiger charge is -2.33. The largest absolute Gasteiger partial charge is 0.453 e. The Kier molecular flexibility index (Phi) is 4.88. The van der Waals surface area contributed by atoms with Gasteiger partial charge in [-0.05, 0) is 24.7 Å². The zero-order chi connectivity index (χ0) is 11.3. The van der Waals surface area contributed by atoms with E-state index in [1.54, 1.807) is 0 Å². The molecular weight excluding hydrogens is 194 g/mol. The lowest BCUT2D eigenvalue weighted by atomic mass is 9.85. The van der Waals surface area contributed by atoms with E-state index < -0.39 is 0 Å². The molecule has 1 N–H and O–H groups in total. The van der Waals surface area contributed by atoms with Crippen molar-refractivity contribution in [3.8, 4) is 0 Å². The Labute approximate surface area is 91.3 Å². The molecule has 1 aliphatic rings. The van der Waals surface area contributed by atoms with Crippen molar-refractivity contribution in [2.45, 2.75) is 32.7 Å². The maximum Gasteiger partial charge on any atom is 0.407 e. The van der Waals surface area contributed by atoms with Crippen LogP contribution < -0.4 is 5.32 Å². The predicted octanol–water partition coefficient (Wildman–Crippen LogP) is 1.79. The fourth-order valence-corrected chi connectivity index (χ4v) is 2.10. The highest BCUT2D eigenvalue weighted by Crippen LogP contribution is 2.23. The highest BCUT2D eigenvalue weighted by Gasteiger charge is 2.27. The van der Waals surface area contributed by atoms with Gasteiger partial charge in [0.1, 0.15) is 0 Å². The second-order valence-electron chi connectivity index (χ2n) is 4.36. The molecule has 1 rings (SSSR count). The van der Waals surface area contributed by atoms with Crippen LogP contribution in [-0.2, 0) is 9.47 Å². The summed E-state index contributed by atoms with van der Waals surface area (Å²) in [4.78, 5) is 11.2. The second kappa shape index (κ2) is 5.95. The summed E-state index contributed by atoms with van der Waals surface area (Å²) >= 11 is 0. The van der Waals surface area contributed by atoms with E-state index in [0.29, 0.717) is 11.8 Å². The quantitative estimate of drug-likeness (QED) is 0.780. The number of hydrogen-bond acceptors (Lipinski definition) is 3. The first-order valence-electron chi connectivity index (χ1n) is 5.57. The Morgan fingerprint density at radius 3 is 2.47 bits per heavy atom. The van der Waals surface area contributed by atoms with Gasteiger partial charge in [0.15, 0.2) is 0 Å². The molecule has 1 fully saturated rings. The van der Waals surface area contributed by atoms with Gasteiger partial charge in [0, 0.05) is 19.3 Å². The summed E-state index contributed by atoms with van der Waals surface area (Å²) < 4.78 is 9.96. The number of ether oxygens (including phenoxy) is 2. The van der Waals surface area contributed by atoms with Crippen LogP contribution in [0.2, 0.25) is 0 Å². The molecule has 0 spiro atoms. The van der Waals surface area contributed by atoms with Crippen molar-refractivity contribution in [3.05, 3.63) is 0 Å². The highest BCUT2D eigenvalue weighted by molar-refractivity contribution is 5.67. The Morgan fingerprint density at radius 2 is 2.00 bits per heavy atom. The van der Waals surface area contributed by atoms with Gasteiger partial charge in [0.2, 0.25) is 0 Å². The molecule has 0 aromatic heterocycles. The van der Waals surface area contributed by atoms with Gasteiger partial charge < -0.3 is 14.8 Å².